The Balaban J connectivity index is 4.08. The summed E-state index contributed by atoms with van der Waals surface area (Å²) in [4.78, 5) is 35.7. The molecule has 72 heavy (non-hydrogen) atoms. The van der Waals surface area contributed by atoms with Gasteiger partial charge in [0, 0.05) is 12.8 Å². The summed E-state index contributed by atoms with van der Waals surface area (Å²) in [5.41, 5.74) is 0. The molecule has 0 aromatic rings. The largest absolute Gasteiger partial charge is 0.472 e. The third-order valence-electron chi connectivity index (χ3n) is 14.0. The van der Waals surface area contributed by atoms with Crippen LogP contribution in [0.25, 0.3) is 0 Å². The summed E-state index contributed by atoms with van der Waals surface area (Å²) >= 11 is 0. The molecule has 2 unspecified atom stereocenters. The third kappa shape index (κ3) is 57.8. The van der Waals surface area contributed by atoms with Crippen molar-refractivity contribution in [2.24, 2.45) is 0 Å². The average molecular weight is 1040 g/mol. The number of nitrogens with zero attached hydrogens (tertiary/aromatic N) is 1. The predicted molar refractivity (Wildman–Crippen MR) is 307 cm³/mol. The van der Waals surface area contributed by atoms with Gasteiger partial charge in [-0.3, -0.25) is 18.6 Å². The van der Waals surface area contributed by atoms with Crippen LogP contribution in [-0.2, 0) is 32.7 Å². The molecule has 426 valence electrons. The van der Waals surface area contributed by atoms with Gasteiger partial charge in [0.2, 0.25) is 0 Å². The second kappa shape index (κ2) is 54.3. The normalized spacial score (nSPS) is 13.4. The van der Waals surface area contributed by atoms with Gasteiger partial charge in [-0.25, -0.2) is 4.57 Å². The summed E-state index contributed by atoms with van der Waals surface area (Å²) in [5.74, 6) is -0.778. The number of phosphoric acid groups is 1. The number of phosphoric ester groups is 1. The lowest BCUT2D eigenvalue weighted by Crippen LogP contribution is -2.37. The minimum Gasteiger partial charge on any atom is -0.462 e. The molecule has 0 radical (unpaired) electrons. The maximum atomic E-state index is 12.8. The number of carbonyl (C=O) groups is 2. The Morgan fingerprint density at radius 2 is 0.750 bits per heavy atom. The highest BCUT2D eigenvalue weighted by atomic mass is 31.2. The zero-order valence-electron chi connectivity index (χ0n) is 48.4. The van der Waals surface area contributed by atoms with Crippen molar-refractivity contribution in [1.29, 1.82) is 0 Å². The Bertz CT molecular complexity index is 1270. The van der Waals surface area contributed by atoms with Crippen LogP contribution in [0.2, 0.25) is 0 Å². The van der Waals surface area contributed by atoms with Gasteiger partial charge in [0.1, 0.15) is 19.8 Å². The Morgan fingerprint density at radius 3 is 1.10 bits per heavy atom. The van der Waals surface area contributed by atoms with Crippen LogP contribution in [0.5, 0.6) is 0 Å². The van der Waals surface area contributed by atoms with Crippen LogP contribution >= 0.6 is 7.82 Å². The van der Waals surface area contributed by atoms with Gasteiger partial charge >= 0.3 is 19.8 Å². The Morgan fingerprint density at radius 1 is 0.431 bits per heavy atom. The minimum absolute atomic E-state index is 0.0350. The van der Waals surface area contributed by atoms with Crippen molar-refractivity contribution in [3.8, 4) is 0 Å². The molecule has 0 aliphatic heterocycles. The summed E-state index contributed by atoms with van der Waals surface area (Å²) in [6.07, 6.45) is 65.4. The summed E-state index contributed by atoms with van der Waals surface area (Å²) in [6, 6.07) is 0. The summed E-state index contributed by atoms with van der Waals surface area (Å²) < 4.78 is 34.6. The molecule has 2 atom stereocenters. The lowest BCUT2D eigenvalue weighted by molar-refractivity contribution is -0.870. The molecule has 0 aliphatic carbocycles. The van der Waals surface area contributed by atoms with Gasteiger partial charge in [0.15, 0.2) is 6.10 Å². The van der Waals surface area contributed by atoms with E-state index in [1.54, 1.807) is 0 Å². The summed E-state index contributed by atoms with van der Waals surface area (Å²) in [6.45, 7) is 4.49. The number of ether oxygens (including phenoxy) is 2. The standard InChI is InChI=1S/C62H120NO8P/c1-6-8-10-12-14-16-18-20-22-24-26-28-29-30-31-32-33-35-37-39-41-43-45-47-49-51-53-55-62(65)71-60(59-70-72(66,67)69-57-56-63(3,4)5)58-68-61(64)54-52-50-48-46-44-42-40-38-36-34-27-25-23-21-19-17-15-13-11-9-7-2/h18,20,24,26,60H,6-17,19,21-23,25,27-59H2,1-5H3/p+1/b20-18-,26-24-. The van der Waals surface area contributed by atoms with E-state index in [-0.39, 0.29) is 25.6 Å². The van der Waals surface area contributed by atoms with Crippen molar-refractivity contribution in [2.75, 3.05) is 47.5 Å². The number of carbonyl (C=O) groups excluding carboxylic acids is 2. The molecule has 0 aliphatic rings. The molecular weight excluding hydrogens is 918 g/mol. The van der Waals surface area contributed by atoms with Crippen molar-refractivity contribution < 1.29 is 42.1 Å². The fourth-order valence-electron chi connectivity index (χ4n) is 9.17. The molecule has 10 heteroatoms. The SMILES string of the molecule is CCCCCCC/C=C\C/C=C\CCCCCCCCCCCCCCCCCC(=O)OC(COC(=O)CCCCCCCCCCCCCCCCCCCCCCC)COP(=O)(O)OCC[N+](C)(C)C. The molecule has 0 heterocycles. The number of likely N-dealkylation sites (N-methyl/N-ethyl adjacent to an activating group) is 1. The van der Waals surface area contributed by atoms with E-state index in [1.165, 1.54) is 238 Å². The van der Waals surface area contributed by atoms with Crippen molar-refractivity contribution >= 4 is 19.8 Å². The van der Waals surface area contributed by atoms with E-state index in [0.29, 0.717) is 23.9 Å². The highest BCUT2D eigenvalue weighted by Gasteiger charge is 2.27. The number of quaternary nitrogens is 1. The molecule has 1 N–H and O–H groups in total. The van der Waals surface area contributed by atoms with Gasteiger partial charge in [-0.2, -0.15) is 0 Å². The van der Waals surface area contributed by atoms with Gasteiger partial charge in [-0.15, -0.1) is 0 Å². The van der Waals surface area contributed by atoms with Gasteiger partial charge in [0.05, 0.1) is 27.7 Å². The van der Waals surface area contributed by atoms with E-state index >= 15 is 0 Å². The molecule has 0 amide bonds. The lowest BCUT2D eigenvalue weighted by atomic mass is 10.0. The zero-order valence-corrected chi connectivity index (χ0v) is 49.3. The Kier molecular flexibility index (Phi) is 53.1. The van der Waals surface area contributed by atoms with Crippen LogP contribution < -0.4 is 0 Å². The third-order valence-corrected chi connectivity index (χ3v) is 15.0. The number of hydrogen-bond acceptors (Lipinski definition) is 7. The first-order valence-electron chi connectivity index (χ1n) is 31.1. The maximum Gasteiger partial charge on any atom is 0.472 e. The van der Waals surface area contributed by atoms with Crippen molar-refractivity contribution in [2.45, 2.75) is 315 Å². The second-order valence-electron chi connectivity index (χ2n) is 22.5. The monoisotopic (exact) mass is 1040 g/mol. The number of unbranched alkanes of at least 4 members (excludes halogenated alkanes) is 40. The molecule has 0 bridgehead atoms. The predicted octanol–water partition coefficient (Wildman–Crippen LogP) is 19.4. The molecule has 9 nitrogen and oxygen atoms in total. The van der Waals surface area contributed by atoms with Crippen LogP contribution in [0, 0.1) is 0 Å². The maximum absolute atomic E-state index is 12.8. The number of allylic oxidation sites excluding steroid dienone is 4. The fraction of sp³-hybridized carbons (Fsp3) is 0.903. The van der Waals surface area contributed by atoms with E-state index in [9.17, 15) is 19.0 Å². The van der Waals surface area contributed by atoms with Crippen LogP contribution in [0.3, 0.4) is 0 Å². The first kappa shape index (κ1) is 70.5. The molecule has 0 spiro atoms. The van der Waals surface area contributed by atoms with Crippen LogP contribution in [0.15, 0.2) is 24.3 Å². The molecule has 0 rings (SSSR count). The van der Waals surface area contributed by atoms with Crippen LogP contribution in [-0.4, -0.2) is 74.9 Å². The smallest absolute Gasteiger partial charge is 0.462 e. The van der Waals surface area contributed by atoms with Crippen molar-refractivity contribution in [1.82, 2.24) is 0 Å². The van der Waals surface area contributed by atoms with E-state index in [1.807, 2.05) is 21.1 Å². The average Bonchev–Trinajstić information content (AvgIpc) is 3.34. The van der Waals surface area contributed by atoms with Crippen LogP contribution in [0.1, 0.15) is 309 Å². The van der Waals surface area contributed by atoms with Gasteiger partial charge in [-0.1, -0.05) is 276 Å². The molecule has 0 fully saturated rings. The molecule has 0 aromatic carbocycles. The van der Waals surface area contributed by atoms with Crippen LogP contribution in [0.4, 0.5) is 0 Å². The molecular formula is C62H121NO8P+. The fourth-order valence-corrected chi connectivity index (χ4v) is 9.91. The van der Waals surface area contributed by atoms with E-state index in [2.05, 4.69) is 38.2 Å². The first-order valence-corrected chi connectivity index (χ1v) is 32.6. The number of rotatable bonds is 58. The lowest BCUT2D eigenvalue weighted by Gasteiger charge is -2.24. The summed E-state index contributed by atoms with van der Waals surface area (Å²) in [5, 5.41) is 0. The van der Waals surface area contributed by atoms with Crippen molar-refractivity contribution in [3.05, 3.63) is 24.3 Å². The van der Waals surface area contributed by atoms with E-state index in [0.717, 1.165) is 38.5 Å². The topological polar surface area (TPSA) is 108 Å². The number of hydrogen-bond donors (Lipinski definition) is 1. The second-order valence-corrected chi connectivity index (χ2v) is 23.9. The van der Waals surface area contributed by atoms with E-state index in [4.69, 9.17) is 18.5 Å². The highest BCUT2D eigenvalue weighted by Crippen LogP contribution is 2.43. The Hall–Kier alpha value is -1.51. The minimum atomic E-state index is -4.38. The van der Waals surface area contributed by atoms with E-state index < -0.39 is 26.5 Å². The van der Waals surface area contributed by atoms with Crippen molar-refractivity contribution in [3.63, 3.8) is 0 Å². The van der Waals surface area contributed by atoms with Gasteiger partial charge in [0.25, 0.3) is 0 Å². The molecule has 0 saturated heterocycles. The van der Waals surface area contributed by atoms with Gasteiger partial charge in [-0.05, 0) is 44.9 Å². The zero-order chi connectivity index (χ0) is 52.7. The first-order chi connectivity index (χ1) is 35.0. The highest BCUT2D eigenvalue weighted by molar-refractivity contribution is 7.47. The molecule has 0 saturated carbocycles. The number of esters is 2. The van der Waals surface area contributed by atoms with Gasteiger partial charge < -0.3 is 18.9 Å². The summed E-state index contributed by atoms with van der Waals surface area (Å²) in [7, 11) is 1.50. The molecule has 0 aromatic heterocycles. The Labute approximate surface area is 447 Å². The quantitative estimate of drug-likeness (QED) is 0.0211.